The number of isocyanates is 1. The van der Waals surface area contributed by atoms with E-state index in [1.54, 1.807) is 6.08 Å². The van der Waals surface area contributed by atoms with Crippen LogP contribution in [0, 0.1) is 0 Å². The molecule has 0 N–H and O–H groups in total. The van der Waals surface area contributed by atoms with Crippen LogP contribution in [0.25, 0.3) is 0 Å². The second kappa shape index (κ2) is 6.69. The first-order chi connectivity index (χ1) is 10.8. The van der Waals surface area contributed by atoms with Crippen molar-refractivity contribution in [3.05, 3.63) is 71.8 Å². The number of rotatable bonds is 4. The Kier molecular flexibility index (Phi) is 4.47. The van der Waals surface area contributed by atoms with Crippen LogP contribution in [0.4, 0.5) is 0 Å². The Hall–Kier alpha value is -2.22. The van der Waals surface area contributed by atoms with Gasteiger partial charge in [0, 0.05) is 19.6 Å². The first kappa shape index (κ1) is 14.7. The van der Waals surface area contributed by atoms with E-state index in [1.807, 2.05) is 24.3 Å². The number of likely N-dealkylation sites (tertiary alicyclic amines) is 1. The number of aliphatic imine (C=N–C) groups is 1. The molecule has 1 saturated heterocycles. The van der Waals surface area contributed by atoms with Gasteiger partial charge in [0.25, 0.3) is 0 Å². The number of nitrogens with zero attached hydrogens (tertiary/aromatic N) is 2. The molecule has 1 heterocycles. The zero-order valence-corrected chi connectivity index (χ0v) is 12.6. The molecule has 22 heavy (non-hydrogen) atoms. The summed E-state index contributed by atoms with van der Waals surface area (Å²) in [5.41, 5.74) is 2.06. The monoisotopic (exact) mass is 292 g/mol. The van der Waals surface area contributed by atoms with Crippen molar-refractivity contribution in [2.24, 2.45) is 4.99 Å². The molecule has 1 aliphatic heterocycles. The van der Waals surface area contributed by atoms with Crippen LogP contribution in [-0.2, 0) is 16.9 Å². The molecule has 3 rings (SSSR count). The molecule has 0 amide bonds. The molecule has 2 aromatic rings. The Morgan fingerprint density at radius 3 is 2.14 bits per heavy atom. The highest BCUT2D eigenvalue weighted by atomic mass is 16.1. The smallest absolute Gasteiger partial charge is 0.235 e. The Labute approximate surface area is 131 Å². The zero-order chi connectivity index (χ0) is 15.3. The lowest BCUT2D eigenvalue weighted by Crippen LogP contribution is -2.41. The summed E-state index contributed by atoms with van der Waals surface area (Å²) in [7, 11) is 0. The molecule has 0 spiro atoms. The molecule has 0 radical (unpaired) electrons. The fourth-order valence-corrected chi connectivity index (χ4v) is 3.22. The van der Waals surface area contributed by atoms with Crippen molar-refractivity contribution in [1.82, 2.24) is 4.90 Å². The third-order valence-electron chi connectivity index (χ3n) is 4.50. The number of carbonyl (C=O) groups excluding carboxylic acids is 1. The molecule has 2 aromatic carbocycles. The van der Waals surface area contributed by atoms with Gasteiger partial charge in [0.15, 0.2) is 0 Å². The van der Waals surface area contributed by atoms with Crippen molar-refractivity contribution < 1.29 is 4.79 Å². The predicted octanol–water partition coefficient (Wildman–Crippen LogP) is 3.51. The summed E-state index contributed by atoms with van der Waals surface area (Å²) >= 11 is 0. The molecular formula is C19H20N2O. The maximum atomic E-state index is 10.9. The summed E-state index contributed by atoms with van der Waals surface area (Å²) in [6.07, 6.45) is 3.52. The molecule has 3 nitrogen and oxygen atoms in total. The molecule has 0 aromatic heterocycles. The molecule has 0 aliphatic carbocycles. The van der Waals surface area contributed by atoms with E-state index < -0.39 is 5.54 Å². The Bertz CT molecular complexity index is 640. The molecule has 0 saturated carbocycles. The van der Waals surface area contributed by atoms with Gasteiger partial charge in [0.1, 0.15) is 5.54 Å². The van der Waals surface area contributed by atoms with Gasteiger partial charge >= 0.3 is 0 Å². The molecule has 1 fully saturated rings. The van der Waals surface area contributed by atoms with Gasteiger partial charge in [0.05, 0.1) is 0 Å². The zero-order valence-electron chi connectivity index (χ0n) is 12.6. The van der Waals surface area contributed by atoms with E-state index in [9.17, 15) is 4.79 Å². The highest BCUT2D eigenvalue weighted by Crippen LogP contribution is 2.36. The molecule has 1 aliphatic rings. The minimum Gasteiger partial charge on any atom is -0.299 e. The number of hydrogen-bond donors (Lipinski definition) is 0. The standard InChI is InChI=1S/C19H20N2O/c22-16-20-19(18-9-5-2-6-10-18)11-13-21(14-12-19)15-17-7-3-1-4-8-17/h1-10H,11-15H2. The van der Waals surface area contributed by atoms with Crippen LogP contribution in [-0.4, -0.2) is 24.1 Å². The van der Waals surface area contributed by atoms with Gasteiger partial charge < -0.3 is 0 Å². The summed E-state index contributed by atoms with van der Waals surface area (Å²) in [6, 6.07) is 20.6. The molecule has 0 unspecified atom stereocenters. The van der Waals surface area contributed by atoms with Crippen molar-refractivity contribution in [2.75, 3.05) is 13.1 Å². The molecular weight excluding hydrogens is 272 g/mol. The van der Waals surface area contributed by atoms with Crippen LogP contribution in [0.2, 0.25) is 0 Å². The summed E-state index contributed by atoms with van der Waals surface area (Å²) in [5, 5.41) is 0. The van der Waals surface area contributed by atoms with E-state index in [1.165, 1.54) is 5.56 Å². The van der Waals surface area contributed by atoms with E-state index in [-0.39, 0.29) is 0 Å². The van der Waals surface area contributed by atoms with Crippen molar-refractivity contribution in [1.29, 1.82) is 0 Å². The van der Waals surface area contributed by atoms with Crippen molar-refractivity contribution in [3.63, 3.8) is 0 Å². The summed E-state index contributed by atoms with van der Waals surface area (Å²) in [5.74, 6) is 0. The predicted molar refractivity (Wildman–Crippen MR) is 87.2 cm³/mol. The van der Waals surface area contributed by atoms with Crippen LogP contribution < -0.4 is 0 Å². The largest absolute Gasteiger partial charge is 0.299 e. The van der Waals surface area contributed by atoms with Crippen LogP contribution in [0.3, 0.4) is 0 Å². The fourth-order valence-electron chi connectivity index (χ4n) is 3.22. The van der Waals surface area contributed by atoms with Crippen molar-refractivity contribution in [2.45, 2.75) is 24.9 Å². The van der Waals surface area contributed by atoms with Gasteiger partial charge in [0.2, 0.25) is 6.08 Å². The van der Waals surface area contributed by atoms with E-state index in [0.717, 1.165) is 38.0 Å². The van der Waals surface area contributed by atoms with Gasteiger partial charge in [-0.15, -0.1) is 0 Å². The van der Waals surface area contributed by atoms with Gasteiger partial charge in [-0.05, 0) is 24.0 Å². The van der Waals surface area contributed by atoms with E-state index >= 15 is 0 Å². The molecule has 112 valence electrons. The minimum atomic E-state index is -0.393. The highest BCUT2D eigenvalue weighted by Gasteiger charge is 2.36. The number of benzene rings is 2. The molecule has 0 atom stereocenters. The Morgan fingerprint density at radius 2 is 1.55 bits per heavy atom. The summed E-state index contributed by atoms with van der Waals surface area (Å²) in [6.45, 7) is 2.83. The lowest BCUT2D eigenvalue weighted by atomic mass is 9.81. The quantitative estimate of drug-likeness (QED) is 0.638. The van der Waals surface area contributed by atoms with Crippen LogP contribution in [0.1, 0.15) is 24.0 Å². The van der Waals surface area contributed by atoms with Crippen molar-refractivity contribution >= 4 is 6.08 Å². The fraction of sp³-hybridized carbons (Fsp3) is 0.316. The SMILES string of the molecule is O=C=NC1(c2ccccc2)CCN(Cc2ccccc2)CC1. The average Bonchev–Trinajstić information content (AvgIpc) is 2.59. The minimum absolute atomic E-state index is 0.393. The van der Waals surface area contributed by atoms with Crippen LogP contribution in [0.5, 0.6) is 0 Å². The van der Waals surface area contributed by atoms with Crippen LogP contribution in [0.15, 0.2) is 65.7 Å². The number of piperidine rings is 1. The lowest BCUT2D eigenvalue weighted by Gasteiger charge is -2.38. The van der Waals surface area contributed by atoms with E-state index in [4.69, 9.17) is 0 Å². The second-order valence-corrected chi connectivity index (χ2v) is 5.86. The first-order valence-electron chi connectivity index (χ1n) is 7.73. The topological polar surface area (TPSA) is 32.7 Å². The van der Waals surface area contributed by atoms with Gasteiger partial charge in [-0.3, -0.25) is 4.90 Å². The highest BCUT2D eigenvalue weighted by molar-refractivity contribution is 5.38. The van der Waals surface area contributed by atoms with E-state index in [0.29, 0.717) is 0 Å². The summed E-state index contributed by atoms with van der Waals surface area (Å²) < 4.78 is 0. The normalized spacial score (nSPS) is 17.6. The average molecular weight is 292 g/mol. The lowest BCUT2D eigenvalue weighted by molar-refractivity contribution is 0.156. The van der Waals surface area contributed by atoms with Crippen molar-refractivity contribution in [3.8, 4) is 0 Å². The second-order valence-electron chi connectivity index (χ2n) is 5.86. The molecule has 3 heteroatoms. The Balaban J connectivity index is 1.72. The maximum absolute atomic E-state index is 10.9. The first-order valence-corrected chi connectivity index (χ1v) is 7.73. The third kappa shape index (κ3) is 3.16. The van der Waals surface area contributed by atoms with E-state index in [2.05, 4.69) is 46.3 Å². The van der Waals surface area contributed by atoms with Gasteiger partial charge in [-0.25, -0.2) is 4.79 Å². The summed E-state index contributed by atoms with van der Waals surface area (Å²) in [4.78, 5) is 17.5. The molecule has 0 bridgehead atoms. The number of hydrogen-bond acceptors (Lipinski definition) is 3. The van der Waals surface area contributed by atoms with Gasteiger partial charge in [-0.2, -0.15) is 4.99 Å². The maximum Gasteiger partial charge on any atom is 0.235 e. The Morgan fingerprint density at radius 1 is 0.955 bits per heavy atom. The van der Waals surface area contributed by atoms with Gasteiger partial charge in [-0.1, -0.05) is 60.7 Å². The van der Waals surface area contributed by atoms with Crippen LogP contribution >= 0.6 is 0 Å². The third-order valence-corrected chi connectivity index (χ3v) is 4.50.